The van der Waals surface area contributed by atoms with E-state index in [-0.39, 0.29) is 12.3 Å². The number of amides is 1. The lowest BCUT2D eigenvalue weighted by atomic mass is 9.84. The molecule has 1 amide bonds. The molecule has 1 heterocycles. The van der Waals surface area contributed by atoms with E-state index in [1.165, 1.54) is 38.5 Å². The van der Waals surface area contributed by atoms with Gasteiger partial charge in [0.05, 0.1) is 6.54 Å². The van der Waals surface area contributed by atoms with Gasteiger partial charge in [-0.05, 0) is 18.9 Å². The minimum Gasteiger partial charge on any atom is -0.339 e. The molecule has 1 saturated carbocycles. The molecule has 1 fully saturated rings. The van der Waals surface area contributed by atoms with Crippen LogP contribution in [0.2, 0.25) is 0 Å². The highest BCUT2D eigenvalue weighted by Crippen LogP contribution is 2.31. The van der Waals surface area contributed by atoms with Crippen molar-refractivity contribution < 1.29 is 14.5 Å². The number of carbonyl (C=O) groups excluding carboxylic acids is 1. The van der Waals surface area contributed by atoms with E-state index >= 15 is 0 Å². The second-order valence-electron chi connectivity index (χ2n) is 6.70. The van der Waals surface area contributed by atoms with Gasteiger partial charge >= 0.3 is 0 Å². The summed E-state index contributed by atoms with van der Waals surface area (Å²) in [6.07, 6.45) is 9.94. The molecule has 0 bridgehead atoms. The Bertz CT molecular complexity index is 486. The van der Waals surface area contributed by atoms with E-state index in [9.17, 15) is 4.79 Å². The van der Waals surface area contributed by atoms with E-state index in [0.29, 0.717) is 18.3 Å². The van der Waals surface area contributed by atoms with Crippen LogP contribution in [0.3, 0.4) is 0 Å². The van der Waals surface area contributed by atoms with Gasteiger partial charge in [0.25, 0.3) is 0 Å². The zero-order valence-electron chi connectivity index (χ0n) is 14.6. The van der Waals surface area contributed by atoms with Gasteiger partial charge in [-0.1, -0.05) is 57.0 Å². The predicted molar refractivity (Wildman–Crippen MR) is 89.4 cm³/mol. The van der Waals surface area contributed by atoms with Crippen molar-refractivity contribution in [2.75, 3.05) is 6.54 Å². The summed E-state index contributed by atoms with van der Waals surface area (Å²) in [7, 11) is 0. The summed E-state index contributed by atoms with van der Waals surface area (Å²) in [5, 5.41) is 15.9. The molecule has 0 radical (unpaired) electrons. The Labute approximate surface area is 143 Å². The molecular weight excluding hydrogens is 308 g/mol. The smallest absolute Gasteiger partial charge is 0.244 e. The maximum absolute atomic E-state index is 11.6. The van der Waals surface area contributed by atoms with Crippen LogP contribution in [0.1, 0.15) is 82.3 Å². The van der Waals surface area contributed by atoms with Crippen LogP contribution in [-0.4, -0.2) is 27.8 Å². The van der Waals surface area contributed by atoms with E-state index < -0.39 is 5.91 Å². The minimum atomic E-state index is -0.413. The third-order valence-electron chi connectivity index (χ3n) is 4.81. The van der Waals surface area contributed by atoms with Crippen molar-refractivity contribution in [2.24, 2.45) is 5.92 Å². The van der Waals surface area contributed by atoms with E-state index in [1.807, 2.05) is 6.92 Å². The van der Waals surface area contributed by atoms with Crippen LogP contribution >= 0.6 is 0 Å². The first-order valence-electron chi connectivity index (χ1n) is 9.19. The van der Waals surface area contributed by atoms with E-state index in [4.69, 9.17) is 9.73 Å². The van der Waals surface area contributed by atoms with Crippen molar-refractivity contribution in [3.63, 3.8) is 0 Å². The molecule has 1 aromatic heterocycles. The van der Waals surface area contributed by atoms with Crippen LogP contribution in [0.15, 0.2) is 4.52 Å². The van der Waals surface area contributed by atoms with E-state index in [2.05, 4.69) is 15.5 Å². The molecule has 3 N–H and O–H groups in total. The van der Waals surface area contributed by atoms with Gasteiger partial charge in [0.15, 0.2) is 5.82 Å². The Hall–Kier alpha value is -1.47. The van der Waals surface area contributed by atoms with E-state index in [1.54, 1.807) is 5.48 Å². The average molecular weight is 338 g/mol. The fraction of sp³-hybridized carbons (Fsp3) is 0.824. The Morgan fingerprint density at radius 1 is 1.38 bits per heavy atom. The number of nitrogens with one attached hydrogen (secondary N) is 2. The number of aromatic nitrogens is 2. The number of carbonyl (C=O) groups is 1. The Balaban J connectivity index is 1.88. The van der Waals surface area contributed by atoms with Crippen LogP contribution in [-0.2, 0) is 11.3 Å². The molecule has 1 aliphatic rings. The van der Waals surface area contributed by atoms with Crippen LogP contribution < -0.4 is 10.8 Å². The topological polar surface area (TPSA) is 100 Å². The lowest BCUT2D eigenvalue weighted by Crippen LogP contribution is -2.21. The molecular formula is C17H30N4O3. The number of hydroxylamine groups is 1. The Morgan fingerprint density at radius 2 is 2.17 bits per heavy atom. The first kappa shape index (κ1) is 18.9. The van der Waals surface area contributed by atoms with Crippen LogP contribution in [0.4, 0.5) is 0 Å². The SMILES string of the molecule is CCNCc1noc([C@H](CCCC2CCCCC2)CC(=O)NO)n1. The summed E-state index contributed by atoms with van der Waals surface area (Å²) in [6, 6.07) is 0. The average Bonchev–Trinajstić information content (AvgIpc) is 3.08. The zero-order valence-corrected chi connectivity index (χ0v) is 14.6. The number of nitrogens with zero attached hydrogens (tertiary/aromatic N) is 2. The Morgan fingerprint density at radius 3 is 2.88 bits per heavy atom. The molecule has 0 aromatic carbocycles. The van der Waals surface area contributed by atoms with Crippen LogP contribution in [0, 0.1) is 5.92 Å². The number of hydrogen-bond donors (Lipinski definition) is 3. The molecule has 0 spiro atoms. The first-order valence-corrected chi connectivity index (χ1v) is 9.19. The highest BCUT2D eigenvalue weighted by atomic mass is 16.5. The fourth-order valence-corrected chi connectivity index (χ4v) is 3.45. The lowest BCUT2D eigenvalue weighted by molar-refractivity contribution is -0.129. The largest absolute Gasteiger partial charge is 0.339 e. The number of rotatable bonds is 10. The van der Waals surface area contributed by atoms with Crippen LogP contribution in [0.25, 0.3) is 0 Å². The molecule has 24 heavy (non-hydrogen) atoms. The summed E-state index contributed by atoms with van der Waals surface area (Å²) in [5.41, 5.74) is 1.70. The Kier molecular flexibility index (Phi) is 8.18. The molecule has 136 valence electrons. The maximum Gasteiger partial charge on any atom is 0.244 e. The summed E-state index contributed by atoms with van der Waals surface area (Å²) in [5.74, 6) is 1.37. The van der Waals surface area contributed by atoms with Crippen LogP contribution in [0.5, 0.6) is 0 Å². The summed E-state index contributed by atoms with van der Waals surface area (Å²) in [4.78, 5) is 16.0. The van der Waals surface area contributed by atoms with Crippen molar-refractivity contribution in [3.8, 4) is 0 Å². The van der Waals surface area contributed by atoms with Gasteiger partial charge in [-0.15, -0.1) is 0 Å². The van der Waals surface area contributed by atoms with Gasteiger partial charge in [-0.3, -0.25) is 10.0 Å². The summed E-state index contributed by atoms with van der Waals surface area (Å²) < 4.78 is 5.35. The van der Waals surface area contributed by atoms with Crippen molar-refractivity contribution in [3.05, 3.63) is 11.7 Å². The minimum absolute atomic E-state index is 0.136. The normalized spacial score (nSPS) is 16.9. The molecule has 0 saturated heterocycles. The first-order chi connectivity index (χ1) is 11.7. The van der Waals surface area contributed by atoms with Crippen molar-refractivity contribution >= 4 is 5.91 Å². The van der Waals surface area contributed by atoms with Gasteiger partial charge in [-0.2, -0.15) is 4.98 Å². The maximum atomic E-state index is 11.6. The summed E-state index contributed by atoms with van der Waals surface area (Å²) in [6.45, 7) is 3.41. The second kappa shape index (κ2) is 10.4. The second-order valence-corrected chi connectivity index (χ2v) is 6.70. The van der Waals surface area contributed by atoms with E-state index in [0.717, 1.165) is 25.3 Å². The van der Waals surface area contributed by atoms with Gasteiger partial charge in [0, 0.05) is 12.3 Å². The molecule has 1 aromatic rings. The monoisotopic (exact) mass is 338 g/mol. The van der Waals surface area contributed by atoms with Gasteiger partial charge in [0.2, 0.25) is 11.8 Å². The van der Waals surface area contributed by atoms with Crippen molar-refractivity contribution in [1.82, 2.24) is 20.9 Å². The molecule has 1 atom stereocenters. The molecule has 0 aliphatic heterocycles. The van der Waals surface area contributed by atoms with Crippen molar-refractivity contribution in [2.45, 2.75) is 77.2 Å². The van der Waals surface area contributed by atoms with Crippen molar-refractivity contribution in [1.29, 1.82) is 0 Å². The van der Waals surface area contributed by atoms with Gasteiger partial charge in [0.1, 0.15) is 0 Å². The lowest BCUT2D eigenvalue weighted by Gasteiger charge is -2.22. The molecule has 0 unspecified atom stereocenters. The number of hydrogen-bond acceptors (Lipinski definition) is 6. The summed E-state index contributed by atoms with van der Waals surface area (Å²) >= 11 is 0. The molecule has 1 aliphatic carbocycles. The third kappa shape index (κ3) is 6.20. The molecule has 2 rings (SSSR count). The predicted octanol–water partition coefficient (Wildman–Crippen LogP) is 2.91. The quantitative estimate of drug-likeness (QED) is 0.448. The zero-order chi connectivity index (χ0) is 17.2. The highest BCUT2D eigenvalue weighted by molar-refractivity contribution is 5.75. The van der Waals surface area contributed by atoms with Gasteiger partial charge in [-0.25, -0.2) is 5.48 Å². The van der Waals surface area contributed by atoms with Gasteiger partial charge < -0.3 is 9.84 Å². The third-order valence-corrected chi connectivity index (χ3v) is 4.81. The fourth-order valence-electron chi connectivity index (χ4n) is 3.45. The molecule has 7 heteroatoms. The standard InChI is InChI=1S/C17H30N4O3/c1-2-18-12-15-19-17(24-21-15)14(11-16(22)20-23)10-6-9-13-7-4-3-5-8-13/h13-14,18,23H,2-12H2,1H3,(H,20,22)/t14-/m1/s1. The molecule has 7 nitrogen and oxygen atoms in total. The highest BCUT2D eigenvalue weighted by Gasteiger charge is 2.23.